The van der Waals surface area contributed by atoms with Crippen LogP contribution < -0.4 is 0 Å². The van der Waals surface area contributed by atoms with E-state index in [1.807, 2.05) is 53.5 Å². The molecule has 1 amide bonds. The monoisotopic (exact) mass is 422 g/mol. The third kappa shape index (κ3) is 5.08. The Hall–Kier alpha value is -1.47. The molecule has 0 aliphatic carbocycles. The third-order valence-corrected chi connectivity index (χ3v) is 7.62. The first kappa shape index (κ1) is 20.3. The predicted octanol–water partition coefficient (Wildman–Crippen LogP) is 3.93. The van der Waals surface area contributed by atoms with Crippen molar-refractivity contribution in [2.75, 3.05) is 25.5 Å². The smallest absolute Gasteiger partial charge is 0.238 e. The van der Waals surface area contributed by atoms with Crippen molar-refractivity contribution in [2.24, 2.45) is 0 Å². The molecule has 0 bridgehead atoms. The highest BCUT2D eigenvalue weighted by Gasteiger charge is 2.29. The van der Waals surface area contributed by atoms with Gasteiger partial charge in [0.2, 0.25) is 5.91 Å². The first-order valence-corrected chi connectivity index (χ1v) is 11.4. The summed E-state index contributed by atoms with van der Waals surface area (Å²) in [6.45, 7) is 4.07. The highest BCUT2D eigenvalue weighted by molar-refractivity contribution is 7.85. The number of allylic oxidation sites excluding steroid dienone is 1. The number of carbonyl (C=O) groups is 1. The number of hydrogen-bond acceptors (Lipinski definition) is 3. The van der Waals surface area contributed by atoms with E-state index in [4.69, 9.17) is 11.6 Å². The van der Waals surface area contributed by atoms with Gasteiger partial charge in [0.15, 0.2) is 0 Å². The Morgan fingerprint density at radius 1 is 1.26 bits per heavy atom. The molecular formula is C20H23ClN2O2S2. The molecular weight excluding hydrogens is 400 g/mol. The lowest BCUT2D eigenvalue weighted by molar-refractivity contribution is -0.134. The van der Waals surface area contributed by atoms with Gasteiger partial charge in [0.1, 0.15) is 15.2 Å². The summed E-state index contributed by atoms with van der Waals surface area (Å²) in [6, 6.07) is 11.9. The normalized spacial score (nSPS) is 17.0. The molecule has 4 nitrogen and oxygen atoms in total. The van der Waals surface area contributed by atoms with E-state index in [1.165, 1.54) is 4.88 Å². The fourth-order valence-corrected chi connectivity index (χ4v) is 5.79. The highest BCUT2D eigenvalue weighted by atomic mass is 35.5. The summed E-state index contributed by atoms with van der Waals surface area (Å²) in [5.41, 5.74) is 2.18. The van der Waals surface area contributed by atoms with Gasteiger partial charge in [0, 0.05) is 30.4 Å². The fourth-order valence-electron chi connectivity index (χ4n) is 3.02. The molecule has 1 aliphatic rings. The molecule has 7 heteroatoms. The molecule has 1 saturated heterocycles. The lowest BCUT2D eigenvalue weighted by Crippen LogP contribution is -2.50. The van der Waals surface area contributed by atoms with E-state index in [0.717, 1.165) is 21.8 Å². The van der Waals surface area contributed by atoms with Crippen LogP contribution in [0.25, 0.3) is 6.08 Å². The summed E-state index contributed by atoms with van der Waals surface area (Å²) in [7, 11) is -1.31. The maximum Gasteiger partial charge on any atom is 0.238 e. The molecule has 0 saturated carbocycles. The van der Waals surface area contributed by atoms with Crippen LogP contribution in [0.15, 0.2) is 46.7 Å². The van der Waals surface area contributed by atoms with E-state index >= 15 is 0 Å². The van der Waals surface area contributed by atoms with Crippen molar-refractivity contribution in [1.29, 1.82) is 0 Å². The molecule has 144 valence electrons. The van der Waals surface area contributed by atoms with E-state index in [0.29, 0.717) is 25.5 Å². The first-order valence-electron chi connectivity index (χ1n) is 8.96. The number of rotatable bonds is 7. The molecule has 0 radical (unpaired) electrons. The second-order valence-electron chi connectivity index (χ2n) is 6.27. The number of hydrogen-bond donors (Lipinski definition) is 0. The first-order chi connectivity index (χ1) is 13.1. The van der Waals surface area contributed by atoms with Crippen LogP contribution >= 0.6 is 22.9 Å². The zero-order valence-corrected chi connectivity index (χ0v) is 17.7. The Morgan fingerprint density at radius 2 is 2.04 bits per heavy atom. The van der Waals surface area contributed by atoms with Crippen molar-refractivity contribution in [3.8, 4) is 0 Å². The van der Waals surface area contributed by atoms with Crippen LogP contribution in [0.5, 0.6) is 0 Å². The zero-order chi connectivity index (χ0) is 19.2. The Balaban J connectivity index is 1.66. The molecule has 27 heavy (non-hydrogen) atoms. The molecule has 2 aromatic rings. The van der Waals surface area contributed by atoms with E-state index in [-0.39, 0.29) is 12.5 Å². The van der Waals surface area contributed by atoms with E-state index in [2.05, 4.69) is 6.92 Å². The number of thiophene rings is 1. The summed E-state index contributed by atoms with van der Waals surface area (Å²) in [4.78, 5) is 15.6. The minimum absolute atomic E-state index is 0.0213. The van der Waals surface area contributed by atoms with E-state index in [9.17, 15) is 9.00 Å². The maximum atomic E-state index is 13.0. The molecule has 1 unspecified atom stereocenters. The molecule has 3 rings (SSSR count). The Kier molecular flexibility index (Phi) is 7.24. The van der Waals surface area contributed by atoms with Gasteiger partial charge in [-0.05, 0) is 23.6 Å². The van der Waals surface area contributed by atoms with Crippen molar-refractivity contribution < 1.29 is 9.00 Å². The number of amides is 1. The molecule has 0 spiro atoms. The summed E-state index contributed by atoms with van der Waals surface area (Å²) in [5.74, 6) is 0.475. The molecule has 2 heterocycles. The lowest BCUT2D eigenvalue weighted by atomic mass is 10.2. The second kappa shape index (κ2) is 9.64. The topological polar surface area (TPSA) is 40.6 Å². The number of carbonyl (C=O) groups excluding carboxylic acids is 1. The van der Waals surface area contributed by atoms with Crippen LogP contribution in [0.3, 0.4) is 0 Å². The Bertz CT molecular complexity index is 836. The number of alkyl halides is 1. The Labute approximate surface area is 172 Å². The van der Waals surface area contributed by atoms with Gasteiger partial charge in [0.05, 0.1) is 6.54 Å². The van der Waals surface area contributed by atoms with Crippen LogP contribution in [-0.4, -0.2) is 44.8 Å². The second-order valence-corrected chi connectivity index (χ2v) is 9.43. The maximum absolute atomic E-state index is 13.0. The largest absolute Gasteiger partial charge is 0.336 e. The van der Waals surface area contributed by atoms with Gasteiger partial charge < -0.3 is 4.90 Å². The SMILES string of the molecule is CCc1sc(S(=O)N2CCN(Cc3ccccc3)C(=O)C2)cc1/C=C\CCl. The summed E-state index contributed by atoms with van der Waals surface area (Å²) in [5, 5.41) is 0. The third-order valence-electron chi connectivity index (χ3n) is 4.43. The van der Waals surface area contributed by atoms with Crippen molar-refractivity contribution in [3.05, 3.63) is 58.5 Å². The van der Waals surface area contributed by atoms with Crippen molar-refractivity contribution in [2.45, 2.75) is 24.1 Å². The Morgan fingerprint density at radius 3 is 2.70 bits per heavy atom. The van der Waals surface area contributed by atoms with Crippen LogP contribution in [0, 0.1) is 0 Å². The van der Waals surface area contributed by atoms with Gasteiger partial charge in [-0.1, -0.05) is 49.4 Å². The van der Waals surface area contributed by atoms with Gasteiger partial charge in [0.25, 0.3) is 0 Å². The fraction of sp³-hybridized carbons (Fsp3) is 0.350. The quantitative estimate of drug-likeness (QED) is 0.634. The molecule has 1 fully saturated rings. The lowest BCUT2D eigenvalue weighted by Gasteiger charge is -2.33. The van der Waals surface area contributed by atoms with Crippen molar-refractivity contribution in [3.63, 3.8) is 0 Å². The van der Waals surface area contributed by atoms with Crippen molar-refractivity contribution >= 4 is 45.9 Å². The summed E-state index contributed by atoms with van der Waals surface area (Å²) >= 11 is 7.29. The predicted molar refractivity (Wildman–Crippen MR) is 113 cm³/mol. The van der Waals surface area contributed by atoms with Crippen LogP contribution in [0.4, 0.5) is 0 Å². The summed E-state index contributed by atoms with van der Waals surface area (Å²) < 4.78 is 15.6. The molecule has 1 aromatic carbocycles. The molecule has 1 aromatic heterocycles. The minimum Gasteiger partial charge on any atom is -0.336 e. The van der Waals surface area contributed by atoms with E-state index in [1.54, 1.807) is 15.6 Å². The number of benzene rings is 1. The van der Waals surface area contributed by atoms with Gasteiger partial charge in [-0.25, -0.2) is 8.51 Å². The van der Waals surface area contributed by atoms with Gasteiger partial charge >= 0.3 is 0 Å². The van der Waals surface area contributed by atoms with Crippen LogP contribution in [-0.2, 0) is 28.7 Å². The van der Waals surface area contributed by atoms with Gasteiger partial charge in [-0.3, -0.25) is 4.79 Å². The molecule has 0 N–H and O–H groups in total. The average molecular weight is 423 g/mol. The standard InChI is InChI=1S/C20H23ClN2O2S2/c1-2-18-17(9-6-10-21)13-20(26-18)27(25)23-12-11-22(19(24)15-23)14-16-7-4-3-5-8-16/h3-9,13H,2,10-12,14-15H2,1H3/b9-6-. The van der Waals surface area contributed by atoms with Gasteiger partial charge in [-0.2, -0.15) is 0 Å². The summed E-state index contributed by atoms with van der Waals surface area (Å²) in [6.07, 6.45) is 4.75. The number of piperazine rings is 1. The van der Waals surface area contributed by atoms with Crippen LogP contribution in [0.2, 0.25) is 0 Å². The molecule has 1 aliphatic heterocycles. The van der Waals surface area contributed by atoms with Gasteiger partial charge in [-0.15, -0.1) is 22.9 Å². The van der Waals surface area contributed by atoms with E-state index < -0.39 is 11.0 Å². The minimum atomic E-state index is -1.31. The average Bonchev–Trinajstić information content (AvgIpc) is 3.11. The zero-order valence-electron chi connectivity index (χ0n) is 15.3. The van der Waals surface area contributed by atoms with Crippen molar-refractivity contribution in [1.82, 2.24) is 9.21 Å². The number of nitrogens with zero attached hydrogens (tertiary/aromatic N) is 2. The molecule has 1 atom stereocenters. The highest BCUT2D eigenvalue weighted by Crippen LogP contribution is 2.29. The number of halogens is 1. The van der Waals surface area contributed by atoms with Crippen LogP contribution in [0.1, 0.15) is 22.9 Å². The number of aryl methyl sites for hydroxylation is 1.